The quantitative estimate of drug-likeness (QED) is 0.244. The van der Waals surface area contributed by atoms with Gasteiger partial charge >= 0.3 is 4.87 Å². The van der Waals surface area contributed by atoms with Gasteiger partial charge in [-0.2, -0.15) is 9.47 Å². The van der Waals surface area contributed by atoms with Crippen molar-refractivity contribution in [3.05, 3.63) is 115 Å². The zero-order valence-corrected chi connectivity index (χ0v) is 20.3. The van der Waals surface area contributed by atoms with E-state index in [1.165, 1.54) is 12.1 Å². The number of hydrogen-bond acceptors (Lipinski definition) is 4. The number of rotatable bonds is 6. The Balaban J connectivity index is 1.63. The fourth-order valence-corrected chi connectivity index (χ4v) is 4.82. The van der Waals surface area contributed by atoms with Gasteiger partial charge in [-0.25, -0.2) is 4.39 Å². The van der Waals surface area contributed by atoms with Gasteiger partial charge in [-0.15, -0.1) is 0 Å². The second-order valence-corrected chi connectivity index (χ2v) is 9.08. The van der Waals surface area contributed by atoms with E-state index in [0.717, 1.165) is 55.8 Å². The molecular formula is C27H20ClFN4OS. The normalized spacial score (nSPS) is 12.4. The van der Waals surface area contributed by atoms with Crippen LogP contribution < -0.4 is 4.87 Å². The fourth-order valence-electron chi connectivity index (χ4n) is 4.10. The van der Waals surface area contributed by atoms with Crippen LogP contribution in [0, 0.1) is 5.82 Å². The van der Waals surface area contributed by atoms with Gasteiger partial charge in [0.15, 0.2) is 0 Å². The molecule has 0 saturated carbocycles. The number of halogens is 2. The van der Waals surface area contributed by atoms with Crippen LogP contribution in [0.3, 0.4) is 0 Å². The van der Waals surface area contributed by atoms with Gasteiger partial charge < -0.3 is 0 Å². The van der Waals surface area contributed by atoms with Crippen LogP contribution in [0.15, 0.2) is 71.7 Å². The molecule has 8 heteroatoms. The second-order valence-electron chi connectivity index (χ2n) is 7.94. The number of fused-ring (bicyclic) bond motifs is 1. The predicted molar refractivity (Wildman–Crippen MR) is 142 cm³/mol. The molecule has 0 atom stereocenters. The summed E-state index contributed by atoms with van der Waals surface area (Å²) in [6.07, 6.45) is 6.16. The highest BCUT2D eigenvalue weighted by molar-refractivity contribution is 7.02. The molecule has 0 aliphatic carbocycles. The van der Waals surface area contributed by atoms with E-state index < -0.39 is 0 Å². The summed E-state index contributed by atoms with van der Waals surface area (Å²) in [6, 6.07) is 18.8. The molecule has 5 aromatic rings. The van der Waals surface area contributed by atoms with E-state index in [9.17, 15) is 9.18 Å². The lowest BCUT2D eigenvalue weighted by molar-refractivity contribution is 0.628. The fraction of sp³-hybridized carbons (Fsp3) is 0.0741. The van der Waals surface area contributed by atoms with Crippen molar-refractivity contribution in [2.24, 2.45) is 0 Å². The first kappa shape index (κ1) is 23.0. The van der Waals surface area contributed by atoms with Crippen LogP contribution >= 0.6 is 23.1 Å². The third-order valence-electron chi connectivity index (χ3n) is 5.73. The van der Waals surface area contributed by atoms with Crippen molar-refractivity contribution in [1.82, 2.24) is 19.6 Å². The SMILES string of the molecule is CC/C(=C(\c1ccc(C=Cc2nsc(=O)[nH]2)cc1)c1ccc2[nH]ncc2c1)c1ccc(F)cc1Cl. The van der Waals surface area contributed by atoms with Gasteiger partial charge in [-0.1, -0.05) is 61.0 Å². The summed E-state index contributed by atoms with van der Waals surface area (Å²) in [5, 5.41) is 8.50. The molecule has 5 rings (SSSR count). The number of nitrogens with one attached hydrogen (secondary N) is 2. The van der Waals surface area contributed by atoms with Crippen LogP contribution in [0.1, 0.15) is 41.4 Å². The molecule has 35 heavy (non-hydrogen) atoms. The van der Waals surface area contributed by atoms with E-state index in [4.69, 9.17) is 11.6 Å². The smallest absolute Gasteiger partial charge is 0.296 e. The van der Waals surface area contributed by atoms with Crippen molar-refractivity contribution in [1.29, 1.82) is 0 Å². The Morgan fingerprint density at radius 1 is 1.06 bits per heavy atom. The van der Waals surface area contributed by atoms with Gasteiger partial charge in [-0.05, 0) is 70.2 Å². The highest BCUT2D eigenvalue weighted by atomic mass is 35.5. The molecule has 2 N–H and O–H groups in total. The van der Waals surface area contributed by atoms with E-state index >= 15 is 0 Å². The highest BCUT2D eigenvalue weighted by Gasteiger charge is 2.16. The van der Waals surface area contributed by atoms with Crippen LogP contribution in [-0.2, 0) is 0 Å². The van der Waals surface area contributed by atoms with Gasteiger partial charge in [0, 0.05) is 16.9 Å². The Labute approximate surface area is 209 Å². The largest absolute Gasteiger partial charge is 0.323 e. The van der Waals surface area contributed by atoms with Crippen molar-refractivity contribution in [2.45, 2.75) is 13.3 Å². The number of aromatic nitrogens is 4. The monoisotopic (exact) mass is 502 g/mol. The zero-order valence-electron chi connectivity index (χ0n) is 18.7. The van der Waals surface area contributed by atoms with Crippen LogP contribution in [-0.4, -0.2) is 19.6 Å². The van der Waals surface area contributed by atoms with Gasteiger partial charge in [0.25, 0.3) is 0 Å². The van der Waals surface area contributed by atoms with E-state index in [2.05, 4.69) is 38.6 Å². The molecule has 2 aromatic heterocycles. The lowest BCUT2D eigenvalue weighted by Gasteiger charge is -2.18. The summed E-state index contributed by atoms with van der Waals surface area (Å²) in [5.74, 6) is 0.158. The molecule has 0 fully saturated rings. The molecule has 0 aliphatic rings. The van der Waals surface area contributed by atoms with E-state index in [1.54, 1.807) is 18.3 Å². The third-order valence-corrected chi connectivity index (χ3v) is 6.60. The van der Waals surface area contributed by atoms with Crippen molar-refractivity contribution >= 4 is 57.3 Å². The van der Waals surface area contributed by atoms with Crippen molar-refractivity contribution in [3.63, 3.8) is 0 Å². The summed E-state index contributed by atoms with van der Waals surface area (Å²) in [4.78, 5) is 13.8. The Morgan fingerprint density at radius 2 is 1.86 bits per heavy atom. The molecule has 3 aromatic carbocycles. The van der Waals surface area contributed by atoms with Crippen LogP contribution in [0.4, 0.5) is 4.39 Å². The standard InChI is InChI=1S/C27H20ClFN4OS/c1-2-21(22-10-9-20(29)14-23(22)28)26(18-8-11-24-19(13-18)15-30-32-24)17-6-3-16(4-7-17)5-12-25-31-27(34)35-33-25/h3-15H,2H2,1H3,(H,30,32)(H,31,33,34)/b12-5?,26-21-. The summed E-state index contributed by atoms with van der Waals surface area (Å²) >= 11 is 7.39. The molecule has 0 aliphatic heterocycles. The predicted octanol–water partition coefficient (Wildman–Crippen LogP) is 7.04. The third kappa shape index (κ3) is 4.87. The molecule has 2 heterocycles. The molecule has 0 unspecified atom stereocenters. The minimum Gasteiger partial charge on any atom is -0.296 e. The molecule has 0 radical (unpaired) electrons. The molecule has 0 saturated heterocycles. The lowest BCUT2D eigenvalue weighted by atomic mass is 9.87. The molecule has 174 valence electrons. The first-order valence-electron chi connectivity index (χ1n) is 11.0. The maximum atomic E-state index is 13.8. The van der Waals surface area contributed by atoms with E-state index in [-0.39, 0.29) is 10.7 Å². The maximum Gasteiger partial charge on any atom is 0.323 e. The zero-order chi connectivity index (χ0) is 24.4. The Hall–Kier alpha value is -3.81. The average Bonchev–Trinajstić information content (AvgIpc) is 3.50. The molecule has 0 spiro atoms. The Kier molecular flexibility index (Phi) is 6.44. The number of nitrogens with zero attached hydrogens (tertiary/aromatic N) is 2. The lowest BCUT2D eigenvalue weighted by Crippen LogP contribution is -1.96. The second kappa shape index (κ2) is 9.82. The molecule has 0 bridgehead atoms. The van der Waals surface area contributed by atoms with Crippen molar-refractivity contribution < 1.29 is 4.39 Å². The summed E-state index contributed by atoms with van der Waals surface area (Å²) in [7, 11) is 0. The van der Waals surface area contributed by atoms with Crippen LogP contribution in [0.2, 0.25) is 5.02 Å². The maximum absolute atomic E-state index is 13.8. The van der Waals surface area contributed by atoms with Crippen molar-refractivity contribution in [2.75, 3.05) is 0 Å². The minimum atomic E-state index is -0.367. The van der Waals surface area contributed by atoms with Crippen LogP contribution in [0.5, 0.6) is 0 Å². The number of allylic oxidation sites excluding steroid dienone is 1. The summed E-state index contributed by atoms with van der Waals surface area (Å²) in [5.41, 5.74) is 6.76. The van der Waals surface area contributed by atoms with Gasteiger partial charge in [-0.3, -0.25) is 14.9 Å². The summed E-state index contributed by atoms with van der Waals surface area (Å²) in [6.45, 7) is 2.07. The Morgan fingerprint density at radius 3 is 2.57 bits per heavy atom. The number of hydrogen-bond donors (Lipinski definition) is 2. The van der Waals surface area contributed by atoms with Crippen LogP contribution in [0.25, 0.3) is 34.2 Å². The van der Waals surface area contributed by atoms with Crippen molar-refractivity contribution in [3.8, 4) is 0 Å². The summed E-state index contributed by atoms with van der Waals surface area (Å²) < 4.78 is 17.9. The molecular weight excluding hydrogens is 483 g/mol. The van der Waals surface area contributed by atoms with E-state index in [1.807, 2.05) is 36.4 Å². The molecule has 5 nitrogen and oxygen atoms in total. The minimum absolute atomic E-state index is 0.184. The van der Waals surface area contributed by atoms with Gasteiger partial charge in [0.05, 0.1) is 16.7 Å². The Bertz CT molecular complexity index is 1630. The average molecular weight is 503 g/mol. The topological polar surface area (TPSA) is 74.4 Å². The molecule has 0 amide bonds. The van der Waals surface area contributed by atoms with Gasteiger partial charge in [0.1, 0.15) is 11.6 Å². The first-order valence-corrected chi connectivity index (χ1v) is 12.1. The number of benzene rings is 3. The highest BCUT2D eigenvalue weighted by Crippen LogP contribution is 2.38. The van der Waals surface area contributed by atoms with E-state index in [0.29, 0.717) is 17.3 Å². The number of aromatic amines is 2. The van der Waals surface area contributed by atoms with Gasteiger partial charge in [0.2, 0.25) is 0 Å². The number of H-pyrrole nitrogens is 2. The first-order chi connectivity index (χ1) is 17.0.